The molecule has 0 radical (unpaired) electrons. The molecule has 22 heavy (non-hydrogen) atoms. The van der Waals surface area contributed by atoms with Crippen molar-refractivity contribution in [1.29, 1.82) is 0 Å². The third-order valence-electron chi connectivity index (χ3n) is 3.25. The minimum Gasteiger partial charge on any atom is -0.506 e. The highest BCUT2D eigenvalue weighted by molar-refractivity contribution is 7.15. The number of aryl methyl sites for hydroxylation is 2. The molecule has 1 aromatic carbocycles. The minimum absolute atomic E-state index is 0.275. The first kappa shape index (κ1) is 14.2. The molecule has 8 heteroatoms. The van der Waals surface area contributed by atoms with E-state index in [-0.39, 0.29) is 16.4 Å². The predicted molar refractivity (Wildman–Crippen MR) is 83.5 cm³/mol. The van der Waals surface area contributed by atoms with Crippen LogP contribution in [0.2, 0.25) is 0 Å². The molecule has 2 aromatic heterocycles. The summed E-state index contributed by atoms with van der Waals surface area (Å²) in [7, 11) is 1.55. The zero-order valence-electron chi connectivity index (χ0n) is 11.8. The highest BCUT2D eigenvalue weighted by Gasteiger charge is 2.21. The van der Waals surface area contributed by atoms with Gasteiger partial charge in [-0.2, -0.15) is 0 Å². The summed E-state index contributed by atoms with van der Waals surface area (Å²) in [6, 6.07) is 6.83. The lowest BCUT2D eigenvalue weighted by Crippen LogP contribution is -2.28. The Morgan fingerprint density at radius 1 is 1.32 bits per heavy atom. The molecule has 0 aliphatic rings. The number of benzene rings is 1. The van der Waals surface area contributed by atoms with Gasteiger partial charge in [0, 0.05) is 12.4 Å². The second kappa shape index (κ2) is 5.23. The van der Waals surface area contributed by atoms with Crippen LogP contribution in [0.4, 0.5) is 5.13 Å². The maximum absolute atomic E-state index is 12.3. The predicted octanol–water partition coefficient (Wildman–Crippen LogP) is 1.66. The van der Waals surface area contributed by atoms with E-state index in [0.29, 0.717) is 15.9 Å². The van der Waals surface area contributed by atoms with Gasteiger partial charge < -0.3 is 9.67 Å². The molecule has 0 unspecified atom stereocenters. The van der Waals surface area contributed by atoms with Gasteiger partial charge in [-0.3, -0.25) is 14.9 Å². The molecule has 7 nitrogen and oxygen atoms in total. The Kier molecular flexibility index (Phi) is 3.38. The Morgan fingerprint density at radius 2 is 2.05 bits per heavy atom. The number of anilines is 1. The number of rotatable bonds is 2. The summed E-state index contributed by atoms with van der Waals surface area (Å²) >= 11 is 1.19. The van der Waals surface area contributed by atoms with Gasteiger partial charge in [0.1, 0.15) is 16.3 Å². The first-order chi connectivity index (χ1) is 10.5. The fraction of sp³-hybridized carbons (Fsp3) is 0.143. The van der Waals surface area contributed by atoms with Crippen molar-refractivity contribution in [1.82, 2.24) is 14.8 Å². The Labute approximate surface area is 128 Å². The average molecular weight is 316 g/mol. The highest BCUT2D eigenvalue weighted by Crippen LogP contribution is 2.26. The summed E-state index contributed by atoms with van der Waals surface area (Å²) in [6.07, 6.45) is 0. The van der Waals surface area contributed by atoms with Crippen molar-refractivity contribution >= 4 is 33.3 Å². The lowest BCUT2D eigenvalue weighted by atomic mass is 10.1. The first-order valence-corrected chi connectivity index (χ1v) is 7.23. The lowest BCUT2D eigenvalue weighted by Gasteiger charge is -2.10. The van der Waals surface area contributed by atoms with Crippen LogP contribution in [-0.2, 0) is 7.05 Å². The van der Waals surface area contributed by atoms with E-state index >= 15 is 0 Å². The number of carbonyl (C=O) groups excluding carboxylic acids is 1. The molecule has 2 heterocycles. The molecule has 0 aliphatic carbocycles. The second-order valence-electron chi connectivity index (χ2n) is 4.69. The van der Waals surface area contributed by atoms with E-state index in [1.54, 1.807) is 38.2 Å². The summed E-state index contributed by atoms with van der Waals surface area (Å²) in [4.78, 5) is 24.7. The van der Waals surface area contributed by atoms with E-state index in [4.69, 9.17) is 0 Å². The summed E-state index contributed by atoms with van der Waals surface area (Å²) < 4.78 is 1.33. The van der Waals surface area contributed by atoms with Crippen LogP contribution in [-0.4, -0.2) is 25.8 Å². The van der Waals surface area contributed by atoms with E-state index in [1.807, 2.05) is 0 Å². The van der Waals surface area contributed by atoms with Gasteiger partial charge in [-0.05, 0) is 19.1 Å². The van der Waals surface area contributed by atoms with Crippen molar-refractivity contribution in [2.75, 3.05) is 5.32 Å². The molecule has 3 rings (SSSR count). The summed E-state index contributed by atoms with van der Waals surface area (Å²) in [5, 5.41) is 21.7. The molecule has 3 aromatic rings. The molecule has 1 amide bonds. The normalized spacial score (nSPS) is 10.8. The number of hydrogen-bond donors (Lipinski definition) is 2. The average Bonchev–Trinajstić information content (AvgIpc) is 2.90. The van der Waals surface area contributed by atoms with Crippen LogP contribution >= 0.6 is 11.3 Å². The summed E-state index contributed by atoms with van der Waals surface area (Å²) in [5.41, 5.74) is -0.336. The van der Waals surface area contributed by atoms with E-state index in [9.17, 15) is 14.7 Å². The van der Waals surface area contributed by atoms with Crippen molar-refractivity contribution in [3.63, 3.8) is 0 Å². The quantitative estimate of drug-likeness (QED) is 0.749. The first-order valence-electron chi connectivity index (χ1n) is 6.41. The van der Waals surface area contributed by atoms with E-state index in [1.165, 1.54) is 15.9 Å². The van der Waals surface area contributed by atoms with Crippen molar-refractivity contribution in [2.24, 2.45) is 7.05 Å². The zero-order chi connectivity index (χ0) is 15.9. The van der Waals surface area contributed by atoms with E-state index < -0.39 is 11.5 Å². The number of nitrogens with zero attached hydrogens (tertiary/aromatic N) is 3. The minimum atomic E-state index is -0.708. The summed E-state index contributed by atoms with van der Waals surface area (Å²) in [6.45, 7) is 1.75. The molecule has 0 fully saturated rings. The maximum atomic E-state index is 12.3. The Morgan fingerprint density at radius 3 is 2.73 bits per heavy atom. The third-order valence-corrected chi connectivity index (χ3v) is 4.00. The molecular weight excluding hydrogens is 304 g/mol. The molecule has 0 saturated carbocycles. The largest absolute Gasteiger partial charge is 0.506 e. The Hall–Kier alpha value is -2.74. The molecule has 0 aliphatic heterocycles. The monoisotopic (exact) mass is 316 g/mol. The zero-order valence-corrected chi connectivity index (χ0v) is 12.6. The van der Waals surface area contributed by atoms with E-state index in [2.05, 4.69) is 15.5 Å². The number of fused-ring (bicyclic) bond motifs is 1. The van der Waals surface area contributed by atoms with Crippen LogP contribution in [0.15, 0.2) is 29.1 Å². The van der Waals surface area contributed by atoms with Crippen LogP contribution in [0, 0.1) is 6.92 Å². The molecule has 2 N–H and O–H groups in total. The molecule has 0 spiro atoms. The van der Waals surface area contributed by atoms with Crippen LogP contribution in [0.1, 0.15) is 15.4 Å². The van der Waals surface area contributed by atoms with Gasteiger partial charge in [-0.1, -0.05) is 23.5 Å². The molecule has 0 saturated heterocycles. The number of pyridine rings is 1. The smallest absolute Gasteiger partial charge is 0.267 e. The lowest BCUT2D eigenvalue weighted by molar-refractivity contribution is 0.102. The van der Waals surface area contributed by atoms with Crippen molar-refractivity contribution < 1.29 is 9.90 Å². The second-order valence-corrected chi connectivity index (χ2v) is 5.87. The number of hydrogen-bond acceptors (Lipinski definition) is 6. The van der Waals surface area contributed by atoms with Gasteiger partial charge in [0.2, 0.25) is 5.13 Å². The van der Waals surface area contributed by atoms with Crippen LogP contribution in [0.5, 0.6) is 5.75 Å². The topological polar surface area (TPSA) is 97.1 Å². The van der Waals surface area contributed by atoms with Gasteiger partial charge in [0.25, 0.3) is 11.5 Å². The van der Waals surface area contributed by atoms with Crippen LogP contribution in [0.3, 0.4) is 0 Å². The highest BCUT2D eigenvalue weighted by atomic mass is 32.1. The van der Waals surface area contributed by atoms with Crippen molar-refractivity contribution in [2.45, 2.75) is 6.92 Å². The summed E-state index contributed by atoms with van der Waals surface area (Å²) in [5.74, 6) is -1.04. The number of nitrogens with one attached hydrogen (secondary N) is 1. The SMILES string of the molecule is Cc1nnc(NC(=O)c2c(O)c3ccccc3n(C)c2=O)s1. The standard InChI is InChI=1S/C14H12N4O3S/c1-7-16-17-14(22-7)15-12(20)10-11(19)8-5-3-4-6-9(8)18(2)13(10)21/h3-6,19H,1-2H3,(H,15,17,20). The Bertz CT molecular complexity index is 945. The number of aromatic nitrogens is 3. The van der Waals surface area contributed by atoms with E-state index in [0.717, 1.165) is 0 Å². The number of para-hydroxylation sites is 1. The van der Waals surface area contributed by atoms with Crippen molar-refractivity contribution in [3.05, 3.63) is 45.2 Å². The van der Waals surface area contributed by atoms with Gasteiger partial charge in [-0.25, -0.2) is 0 Å². The van der Waals surface area contributed by atoms with Gasteiger partial charge in [0.05, 0.1) is 5.52 Å². The fourth-order valence-electron chi connectivity index (χ4n) is 2.19. The molecule has 0 bridgehead atoms. The number of amides is 1. The molecular formula is C14H12N4O3S. The van der Waals surface area contributed by atoms with Crippen LogP contribution < -0.4 is 10.9 Å². The third kappa shape index (κ3) is 2.23. The van der Waals surface area contributed by atoms with Gasteiger partial charge in [-0.15, -0.1) is 10.2 Å². The fourth-order valence-corrected chi connectivity index (χ4v) is 2.78. The maximum Gasteiger partial charge on any atom is 0.267 e. The van der Waals surface area contributed by atoms with Gasteiger partial charge in [0.15, 0.2) is 0 Å². The molecule has 112 valence electrons. The molecule has 0 atom stereocenters. The van der Waals surface area contributed by atoms with Crippen LogP contribution in [0.25, 0.3) is 10.9 Å². The number of aromatic hydroxyl groups is 1. The number of carbonyl (C=O) groups is 1. The Balaban J connectivity index is 2.14. The van der Waals surface area contributed by atoms with Gasteiger partial charge >= 0.3 is 0 Å². The van der Waals surface area contributed by atoms with Crippen molar-refractivity contribution in [3.8, 4) is 5.75 Å².